The zero-order valence-electron chi connectivity index (χ0n) is 19.9. The number of nitriles is 1. The minimum absolute atomic E-state index is 0.232. The van der Waals surface area contributed by atoms with Gasteiger partial charge in [-0.2, -0.15) is 10.4 Å². The summed E-state index contributed by atoms with van der Waals surface area (Å²) in [6.45, 7) is 2.21. The number of aryl methyl sites for hydroxylation is 1. The van der Waals surface area contributed by atoms with Crippen molar-refractivity contribution < 1.29 is 9.53 Å². The second-order valence-corrected chi connectivity index (χ2v) is 8.82. The maximum atomic E-state index is 13.0. The number of rotatable bonds is 7. The molecule has 0 atom stereocenters. The van der Waals surface area contributed by atoms with Gasteiger partial charge in [0, 0.05) is 23.5 Å². The molecule has 3 aromatic carbocycles. The molecular weight excluding hydrogens is 486 g/mol. The van der Waals surface area contributed by atoms with Crippen molar-refractivity contribution in [2.45, 2.75) is 13.5 Å². The van der Waals surface area contributed by atoms with Gasteiger partial charge in [0.1, 0.15) is 17.6 Å². The van der Waals surface area contributed by atoms with Gasteiger partial charge in [-0.3, -0.25) is 4.79 Å². The number of hydrogen-bond donors (Lipinski definition) is 2. The van der Waals surface area contributed by atoms with E-state index in [0.29, 0.717) is 45.2 Å². The Balaban J connectivity index is 1.40. The first-order chi connectivity index (χ1) is 18.0. The summed E-state index contributed by atoms with van der Waals surface area (Å²) in [6, 6.07) is 26.5. The number of benzene rings is 3. The number of anilines is 2. The molecule has 2 N–H and O–H groups in total. The van der Waals surface area contributed by atoms with Crippen LogP contribution in [0.15, 0.2) is 91.3 Å². The molecule has 182 valence electrons. The van der Waals surface area contributed by atoms with Crippen LogP contribution in [0.5, 0.6) is 11.5 Å². The topological polar surface area (TPSA) is 91.5 Å². The number of fused-ring (bicyclic) bond motifs is 1. The molecule has 2 heterocycles. The van der Waals surface area contributed by atoms with E-state index >= 15 is 0 Å². The molecule has 0 aliphatic heterocycles. The van der Waals surface area contributed by atoms with Gasteiger partial charge < -0.3 is 15.4 Å². The van der Waals surface area contributed by atoms with Crippen molar-refractivity contribution in [3.8, 4) is 17.6 Å². The smallest absolute Gasteiger partial charge is 0.253 e. The highest BCUT2D eigenvalue weighted by Gasteiger charge is 2.19. The SMILES string of the molecule is Cc1c(C(=O)NCc2ccc(Cl)cc2)cn2ncc(C#N)c(Nc3ccc(Oc4ccccc4)cc3)c12. The van der Waals surface area contributed by atoms with E-state index in [9.17, 15) is 10.1 Å². The third kappa shape index (κ3) is 5.25. The van der Waals surface area contributed by atoms with Crippen molar-refractivity contribution >= 4 is 34.4 Å². The predicted molar refractivity (Wildman–Crippen MR) is 144 cm³/mol. The van der Waals surface area contributed by atoms with Gasteiger partial charge in [-0.1, -0.05) is 41.9 Å². The molecule has 0 saturated heterocycles. The van der Waals surface area contributed by atoms with Gasteiger partial charge in [0.15, 0.2) is 0 Å². The first kappa shape index (κ1) is 23.9. The van der Waals surface area contributed by atoms with E-state index in [1.54, 1.807) is 22.8 Å². The highest BCUT2D eigenvalue weighted by Crippen LogP contribution is 2.31. The van der Waals surface area contributed by atoms with E-state index in [4.69, 9.17) is 16.3 Å². The van der Waals surface area contributed by atoms with Crippen LogP contribution >= 0.6 is 11.6 Å². The third-order valence-electron chi connectivity index (χ3n) is 5.89. The number of carbonyl (C=O) groups is 1. The molecule has 0 bridgehead atoms. The van der Waals surface area contributed by atoms with E-state index in [-0.39, 0.29) is 5.91 Å². The zero-order valence-corrected chi connectivity index (χ0v) is 20.7. The monoisotopic (exact) mass is 507 g/mol. The molecule has 7 nitrogen and oxygen atoms in total. The molecule has 0 aliphatic carbocycles. The second-order valence-electron chi connectivity index (χ2n) is 8.38. The summed E-state index contributed by atoms with van der Waals surface area (Å²) in [4.78, 5) is 13.0. The van der Waals surface area contributed by atoms with E-state index in [1.165, 1.54) is 6.20 Å². The number of halogens is 1. The summed E-state index contributed by atoms with van der Waals surface area (Å²) in [5.41, 5.74) is 4.48. The lowest BCUT2D eigenvalue weighted by atomic mass is 10.1. The summed E-state index contributed by atoms with van der Waals surface area (Å²) in [7, 11) is 0. The van der Waals surface area contributed by atoms with Crippen LogP contribution in [0.3, 0.4) is 0 Å². The molecule has 0 radical (unpaired) electrons. The molecule has 0 aliphatic rings. The number of ether oxygens (including phenoxy) is 1. The van der Waals surface area contributed by atoms with Gasteiger partial charge in [-0.25, -0.2) is 4.52 Å². The summed E-state index contributed by atoms with van der Waals surface area (Å²) in [6.07, 6.45) is 3.15. The molecule has 0 spiro atoms. The average molecular weight is 508 g/mol. The molecule has 0 unspecified atom stereocenters. The summed E-state index contributed by atoms with van der Waals surface area (Å²) >= 11 is 5.94. The quantitative estimate of drug-likeness (QED) is 0.258. The minimum Gasteiger partial charge on any atom is -0.457 e. The molecule has 2 aromatic heterocycles. The molecule has 5 rings (SSSR count). The van der Waals surface area contributed by atoms with Crippen LogP contribution in [0.1, 0.15) is 27.0 Å². The van der Waals surface area contributed by atoms with Crippen molar-refractivity contribution in [1.29, 1.82) is 5.26 Å². The highest BCUT2D eigenvalue weighted by atomic mass is 35.5. The van der Waals surface area contributed by atoms with Gasteiger partial charge in [0.05, 0.1) is 28.5 Å². The molecule has 8 heteroatoms. The fourth-order valence-corrected chi connectivity index (χ4v) is 4.11. The van der Waals surface area contributed by atoms with Crippen LogP contribution in [0.25, 0.3) is 5.52 Å². The second kappa shape index (κ2) is 10.4. The van der Waals surface area contributed by atoms with Crippen molar-refractivity contribution in [3.05, 3.63) is 119 Å². The first-order valence-corrected chi connectivity index (χ1v) is 11.9. The Hall–Kier alpha value is -4.80. The van der Waals surface area contributed by atoms with Gasteiger partial charge in [-0.05, 0) is 66.6 Å². The molecule has 0 saturated carbocycles. The number of aromatic nitrogens is 2. The van der Waals surface area contributed by atoms with Crippen LogP contribution in [-0.2, 0) is 6.54 Å². The molecule has 0 fully saturated rings. The maximum absolute atomic E-state index is 13.0. The number of amides is 1. The number of para-hydroxylation sites is 1. The van der Waals surface area contributed by atoms with E-state index in [0.717, 1.165) is 17.0 Å². The molecular formula is C29H22ClN5O2. The lowest BCUT2D eigenvalue weighted by molar-refractivity contribution is 0.0950. The lowest BCUT2D eigenvalue weighted by Crippen LogP contribution is -2.23. The van der Waals surface area contributed by atoms with Crippen LogP contribution in [0.4, 0.5) is 11.4 Å². The Morgan fingerprint density at radius 1 is 1.03 bits per heavy atom. The fraction of sp³-hybridized carbons (Fsp3) is 0.0690. The standard InChI is InChI=1S/C29H22ClN5O2/c1-19-26(29(36)32-16-20-7-9-22(30)10-8-20)18-35-28(19)27(21(15-31)17-33-35)34-23-11-13-25(14-12-23)37-24-5-3-2-4-6-24/h2-14,17-18,34H,16H2,1H3,(H,32,36). The van der Waals surface area contributed by atoms with E-state index in [1.807, 2.05) is 73.7 Å². The molecule has 37 heavy (non-hydrogen) atoms. The number of nitrogens with one attached hydrogen (secondary N) is 2. The molecule has 1 amide bonds. The minimum atomic E-state index is -0.232. The molecule has 5 aromatic rings. The van der Waals surface area contributed by atoms with Crippen molar-refractivity contribution in [2.75, 3.05) is 5.32 Å². The van der Waals surface area contributed by atoms with Crippen LogP contribution < -0.4 is 15.4 Å². The van der Waals surface area contributed by atoms with Crippen LogP contribution in [-0.4, -0.2) is 15.5 Å². The first-order valence-electron chi connectivity index (χ1n) is 11.6. The maximum Gasteiger partial charge on any atom is 0.253 e. The summed E-state index contributed by atoms with van der Waals surface area (Å²) < 4.78 is 7.48. The fourth-order valence-electron chi connectivity index (χ4n) is 3.98. The Kier molecular flexibility index (Phi) is 6.75. The third-order valence-corrected chi connectivity index (χ3v) is 6.14. The van der Waals surface area contributed by atoms with Gasteiger partial charge in [0.2, 0.25) is 0 Å². The largest absolute Gasteiger partial charge is 0.457 e. The zero-order chi connectivity index (χ0) is 25.8. The summed E-state index contributed by atoms with van der Waals surface area (Å²) in [5.74, 6) is 1.21. The number of carbonyl (C=O) groups excluding carboxylic acids is 1. The van der Waals surface area contributed by atoms with Crippen LogP contribution in [0.2, 0.25) is 5.02 Å². The lowest BCUT2D eigenvalue weighted by Gasteiger charge is -2.12. The Morgan fingerprint density at radius 2 is 1.73 bits per heavy atom. The van der Waals surface area contributed by atoms with Gasteiger partial charge in [-0.15, -0.1) is 0 Å². The van der Waals surface area contributed by atoms with E-state index < -0.39 is 0 Å². The van der Waals surface area contributed by atoms with Gasteiger partial charge in [0.25, 0.3) is 5.91 Å². The highest BCUT2D eigenvalue weighted by molar-refractivity contribution is 6.30. The van der Waals surface area contributed by atoms with Gasteiger partial charge >= 0.3 is 0 Å². The Morgan fingerprint density at radius 3 is 2.43 bits per heavy atom. The normalized spacial score (nSPS) is 10.6. The Labute approximate surface area is 218 Å². The number of hydrogen-bond acceptors (Lipinski definition) is 5. The van der Waals surface area contributed by atoms with Crippen molar-refractivity contribution in [3.63, 3.8) is 0 Å². The Bertz CT molecular complexity index is 1610. The van der Waals surface area contributed by atoms with Crippen LogP contribution in [0, 0.1) is 18.3 Å². The number of nitrogens with zero attached hydrogens (tertiary/aromatic N) is 3. The van der Waals surface area contributed by atoms with Crippen molar-refractivity contribution in [2.24, 2.45) is 0 Å². The van der Waals surface area contributed by atoms with E-state index in [2.05, 4.69) is 21.8 Å². The summed E-state index contributed by atoms with van der Waals surface area (Å²) in [5, 5.41) is 21.0. The predicted octanol–water partition coefficient (Wildman–Crippen LogP) is 6.63. The average Bonchev–Trinajstić information content (AvgIpc) is 3.27. The van der Waals surface area contributed by atoms with Crippen molar-refractivity contribution in [1.82, 2.24) is 14.9 Å².